The minimum atomic E-state index is -0.108. The highest BCUT2D eigenvalue weighted by molar-refractivity contribution is 7.00. The molecule has 0 fully saturated rings. The number of anilines is 9. The van der Waals surface area contributed by atoms with E-state index in [1.54, 1.807) is 0 Å². The van der Waals surface area contributed by atoms with Crippen molar-refractivity contribution in [2.75, 3.05) is 14.7 Å². The fourth-order valence-electron chi connectivity index (χ4n) is 12.4. The topological polar surface area (TPSA) is 14.7 Å². The molecule has 1 aromatic heterocycles. The van der Waals surface area contributed by atoms with Gasteiger partial charge in [0, 0.05) is 62.0 Å². The highest BCUT2D eigenvalue weighted by Gasteiger charge is 2.44. The molecule has 0 bridgehead atoms. The second kappa shape index (κ2) is 18.4. The quantitative estimate of drug-likeness (QED) is 0.134. The Morgan fingerprint density at radius 1 is 0.286 bits per heavy atom. The van der Waals surface area contributed by atoms with E-state index in [-0.39, 0.29) is 6.71 Å². The molecule has 5 heteroatoms. The predicted octanol–water partition coefficient (Wildman–Crippen LogP) is 17.3. The maximum Gasteiger partial charge on any atom is 0.252 e. The molecule has 360 valence electrons. The Bertz CT molecular complexity index is 4290. The van der Waals surface area contributed by atoms with Crippen LogP contribution in [0.2, 0.25) is 0 Å². The third kappa shape index (κ3) is 7.39. The van der Waals surface area contributed by atoms with Gasteiger partial charge in [-0.25, -0.2) is 0 Å². The Morgan fingerprint density at radius 2 is 0.779 bits per heavy atom. The molecule has 0 radical (unpaired) electrons. The van der Waals surface area contributed by atoms with Gasteiger partial charge in [-0.05, 0) is 147 Å². The fraction of sp³-hybridized carbons (Fsp3) is 0. The van der Waals surface area contributed by atoms with E-state index in [1.807, 2.05) is 0 Å². The molecule has 15 rings (SSSR count). The number of benzene rings is 12. The van der Waals surface area contributed by atoms with Crippen LogP contribution in [0.4, 0.5) is 51.2 Å². The van der Waals surface area contributed by atoms with Gasteiger partial charge in [-0.1, -0.05) is 200 Å². The normalized spacial score (nSPS) is 12.3. The first-order valence-electron chi connectivity index (χ1n) is 26.5. The molecule has 2 aliphatic heterocycles. The van der Waals surface area contributed by atoms with E-state index in [0.29, 0.717) is 0 Å². The summed E-state index contributed by atoms with van der Waals surface area (Å²) < 4.78 is 2.48. The van der Waals surface area contributed by atoms with Gasteiger partial charge in [0.2, 0.25) is 0 Å². The molecule has 13 aromatic rings. The van der Waals surface area contributed by atoms with Crippen molar-refractivity contribution in [2.24, 2.45) is 0 Å². The summed E-state index contributed by atoms with van der Waals surface area (Å²) >= 11 is 0. The van der Waals surface area contributed by atoms with Crippen LogP contribution in [0.1, 0.15) is 0 Å². The zero-order chi connectivity index (χ0) is 50.8. The van der Waals surface area contributed by atoms with Crippen LogP contribution in [0.25, 0.3) is 60.9 Å². The molecule has 0 amide bonds. The standard InChI is InChI=1S/C72H49BN4/c1-6-21-50(22-7-1)53-39-41-58(42-40-53)75-67-37-20-38-68-71(67)73(63-44-43-61(49-69(63)75)74(56-29-12-4-13-30-56)57-31-14-5-15-32-57)64-45-46-66-70(72(64)77(68)60-34-19-28-55(48-60)52-25-10-3-11-26-52)62-35-16-17-36-65(62)76(66)59-33-18-27-54(47-59)51-23-8-2-9-24-51/h1-49H. The maximum absolute atomic E-state index is 2.58. The number of hydrogen-bond donors (Lipinski definition) is 0. The number of para-hydroxylation sites is 3. The lowest BCUT2D eigenvalue weighted by molar-refractivity contribution is 1.18. The largest absolute Gasteiger partial charge is 0.311 e. The molecular formula is C72H49BN4. The van der Waals surface area contributed by atoms with Crippen molar-refractivity contribution in [3.05, 3.63) is 297 Å². The minimum absolute atomic E-state index is 0.108. The highest BCUT2D eigenvalue weighted by atomic mass is 15.2. The summed E-state index contributed by atoms with van der Waals surface area (Å²) in [6.07, 6.45) is 0. The Kier molecular flexibility index (Phi) is 10.6. The number of aromatic nitrogens is 1. The fourth-order valence-corrected chi connectivity index (χ4v) is 12.4. The third-order valence-corrected chi connectivity index (χ3v) is 15.7. The average molecular weight is 981 g/mol. The second-order valence-electron chi connectivity index (χ2n) is 20.1. The van der Waals surface area contributed by atoms with Crippen LogP contribution in [0.5, 0.6) is 0 Å². The van der Waals surface area contributed by atoms with Crippen LogP contribution in [0.15, 0.2) is 297 Å². The van der Waals surface area contributed by atoms with Gasteiger partial charge >= 0.3 is 0 Å². The maximum atomic E-state index is 2.58. The van der Waals surface area contributed by atoms with Crippen LogP contribution in [-0.2, 0) is 0 Å². The lowest BCUT2D eigenvalue weighted by Crippen LogP contribution is -2.61. The molecule has 4 nitrogen and oxygen atoms in total. The summed E-state index contributed by atoms with van der Waals surface area (Å²) in [7, 11) is 0. The monoisotopic (exact) mass is 980 g/mol. The summed E-state index contributed by atoms with van der Waals surface area (Å²) in [6, 6.07) is 109. The molecule has 12 aromatic carbocycles. The molecule has 0 unspecified atom stereocenters. The Morgan fingerprint density at radius 3 is 1.42 bits per heavy atom. The van der Waals surface area contributed by atoms with Gasteiger partial charge < -0.3 is 19.3 Å². The molecule has 2 aliphatic rings. The molecule has 77 heavy (non-hydrogen) atoms. The van der Waals surface area contributed by atoms with Gasteiger partial charge in [-0.3, -0.25) is 0 Å². The minimum Gasteiger partial charge on any atom is -0.311 e. The van der Waals surface area contributed by atoms with Crippen molar-refractivity contribution >= 4 is 96.1 Å². The summed E-state index contributed by atoms with van der Waals surface area (Å²) in [5, 5.41) is 2.43. The summed E-state index contributed by atoms with van der Waals surface area (Å²) in [4.78, 5) is 7.48. The van der Waals surface area contributed by atoms with Gasteiger partial charge in [0.15, 0.2) is 0 Å². The lowest BCUT2D eigenvalue weighted by atomic mass is 9.33. The van der Waals surface area contributed by atoms with Gasteiger partial charge in [0.1, 0.15) is 0 Å². The highest BCUT2D eigenvalue weighted by Crippen LogP contribution is 2.50. The second-order valence-corrected chi connectivity index (χ2v) is 20.1. The van der Waals surface area contributed by atoms with Crippen LogP contribution in [0, 0.1) is 0 Å². The Labute approximate surface area is 449 Å². The molecule has 0 saturated carbocycles. The van der Waals surface area contributed by atoms with Gasteiger partial charge in [-0.2, -0.15) is 0 Å². The van der Waals surface area contributed by atoms with Crippen molar-refractivity contribution in [3.63, 3.8) is 0 Å². The summed E-state index contributed by atoms with van der Waals surface area (Å²) in [5.74, 6) is 0. The van der Waals surface area contributed by atoms with E-state index in [9.17, 15) is 0 Å². The first-order chi connectivity index (χ1) is 38.2. The molecule has 3 heterocycles. The van der Waals surface area contributed by atoms with Crippen molar-refractivity contribution in [1.29, 1.82) is 0 Å². The molecule has 0 spiro atoms. The smallest absolute Gasteiger partial charge is 0.252 e. The van der Waals surface area contributed by atoms with Crippen LogP contribution < -0.4 is 31.1 Å². The average Bonchev–Trinajstić information content (AvgIpc) is 4.08. The molecule has 0 saturated heterocycles. The molecule has 0 N–H and O–H groups in total. The summed E-state index contributed by atoms with van der Waals surface area (Å²) in [6.45, 7) is -0.108. The van der Waals surface area contributed by atoms with Gasteiger partial charge in [0.25, 0.3) is 6.71 Å². The van der Waals surface area contributed by atoms with E-state index in [0.717, 1.165) is 56.7 Å². The van der Waals surface area contributed by atoms with Crippen molar-refractivity contribution in [1.82, 2.24) is 4.57 Å². The molecular weight excluding hydrogens is 932 g/mol. The lowest BCUT2D eigenvalue weighted by Gasteiger charge is -2.44. The van der Waals surface area contributed by atoms with Crippen molar-refractivity contribution in [3.8, 4) is 39.1 Å². The van der Waals surface area contributed by atoms with Crippen molar-refractivity contribution in [2.45, 2.75) is 0 Å². The predicted molar refractivity (Wildman–Crippen MR) is 326 cm³/mol. The van der Waals surface area contributed by atoms with E-state index in [1.165, 1.54) is 71.7 Å². The number of nitrogens with zero attached hydrogens (tertiary/aromatic N) is 4. The molecule has 0 atom stereocenters. The van der Waals surface area contributed by atoms with E-state index >= 15 is 0 Å². The Balaban J connectivity index is 1.02. The third-order valence-electron chi connectivity index (χ3n) is 15.7. The Hall–Kier alpha value is -10.1. The van der Waals surface area contributed by atoms with Crippen LogP contribution in [0.3, 0.4) is 0 Å². The number of fused-ring (bicyclic) bond motifs is 8. The molecule has 0 aliphatic carbocycles. The van der Waals surface area contributed by atoms with Gasteiger partial charge in [0.05, 0.1) is 16.7 Å². The van der Waals surface area contributed by atoms with Crippen LogP contribution >= 0.6 is 0 Å². The van der Waals surface area contributed by atoms with E-state index in [4.69, 9.17) is 0 Å². The first-order valence-corrected chi connectivity index (χ1v) is 26.5. The number of hydrogen-bond acceptors (Lipinski definition) is 3. The van der Waals surface area contributed by atoms with Gasteiger partial charge in [-0.15, -0.1) is 0 Å². The zero-order valence-corrected chi connectivity index (χ0v) is 42.2. The summed E-state index contributed by atoms with van der Waals surface area (Å²) in [5.41, 5.74) is 24.5. The van der Waals surface area contributed by atoms with E-state index < -0.39 is 0 Å². The first kappa shape index (κ1) is 44.4. The SMILES string of the molecule is c1ccc(-c2ccc(N3c4cc(N(c5ccccc5)c5ccccc5)ccc4B4c5ccc6c(c5N(c5cccc(-c7ccccc7)c5)c5cccc3c54)c3ccccc3n6-c3cccc(-c4ccccc4)c3)cc2)cc1. The zero-order valence-electron chi connectivity index (χ0n) is 42.2. The number of rotatable bonds is 9. The van der Waals surface area contributed by atoms with E-state index in [2.05, 4.69) is 317 Å². The van der Waals surface area contributed by atoms with Crippen molar-refractivity contribution < 1.29 is 0 Å². The van der Waals surface area contributed by atoms with Crippen LogP contribution in [-0.4, -0.2) is 11.3 Å².